The highest BCUT2D eigenvalue weighted by Crippen LogP contribution is 2.26. The van der Waals surface area contributed by atoms with Gasteiger partial charge in [0.15, 0.2) is 0 Å². The molecule has 0 amide bonds. The second-order valence-electron chi connectivity index (χ2n) is 4.26. The molecule has 0 bridgehead atoms. The molecule has 2 nitrogen and oxygen atoms in total. The van der Waals surface area contributed by atoms with Crippen LogP contribution in [0, 0.1) is 0 Å². The van der Waals surface area contributed by atoms with E-state index >= 15 is 0 Å². The van der Waals surface area contributed by atoms with Crippen molar-refractivity contribution in [2.75, 3.05) is 0 Å². The zero-order chi connectivity index (χ0) is 11.0. The second-order valence-corrected chi connectivity index (χ2v) is 4.26. The monoisotopic (exact) mass is 211 g/mol. The predicted octanol–water partition coefficient (Wildman–Crippen LogP) is 2.40. The molecule has 1 aromatic heterocycles. The van der Waals surface area contributed by atoms with E-state index in [1.807, 2.05) is 42.5 Å². The summed E-state index contributed by atoms with van der Waals surface area (Å²) in [6, 6.07) is 14.1. The molecule has 0 N–H and O–H groups in total. The van der Waals surface area contributed by atoms with E-state index in [1.54, 1.807) is 0 Å². The van der Waals surface area contributed by atoms with Gasteiger partial charge < -0.3 is 4.57 Å². The molecule has 0 radical (unpaired) electrons. The summed E-state index contributed by atoms with van der Waals surface area (Å²) in [4.78, 5) is 12.0. The van der Waals surface area contributed by atoms with Crippen molar-refractivity contribution in [3.05, 3.63) is 59.9 Å². The van der Waals surface area contributed by atoms with Gasteiger partial charge in [-0.15, -0.1) is 0 Å². The van der Waals surface area contributed by atoms with Gasteiger partial charge in [-0.2, -0.15) is 0 Å². The van der Waals surface area contributed by atoms with Crippen molar-refractivity contribution in [1.82, 2.24) is 4.57 Å². The molecule has 2 heterocycles. The SMILES string of the molecule is O=C1Cc2cccn2CC1c1ccccc1. The molecule has 1 aromatic carbocycles. The number of carbonyl (C=O) groups excluding carboxylic acids is 1. The molecule has 1 aliphatic heterocycles. The molecule has 2 aromatic rings. The van der Waals surface area contributed by atoms with E-state index < -0.39 is 0 Å². The van der Waals surface area contributed by atoms with Gasteiger partial charge in [0.1, 0.15) is 5.78 Å². The minimum Gasteiger partial charge on any atom is -0.350 e. The van der Waals surface area contributed by atoms with E-state index in [9.17, 15) is 4.79 Å². The van der Waals surface area contributed by atoms with Crippen LogP contribution in [0.5, 0.6) is 0 Å². The Hall–Kier alpha value is -1.83. The van der Waals surface area contributed by atoms with Crippen LogP contribution in [0.3, 0.4) is 0 Å². The predicted molar refractivity (Wildman–Crippen MR) is 62.3 cm³/mol. The van der Waals surface area contributed by atoms with Crippen LogP contribution in [0.1, 0.15) is 17.2 Å². The largest absolute Gasteiger partial charge is 0.350 e. The van der Waals surface area contributed by atoms with Crippen molar-refractivity contribution in [2.24, 2.45) is 0 Å². The van der Waals surface area contributed by atoms with Gasteiger partial charge in [-0.3, -0.25) is 4.79 Å². The molecule has 1 atom stereocenters. The van der Waals surface area contributed by atoms with Crippen LogP contribution >= 0.6 is 0 Å². The third-order valence-electron chi connectivity index (χ3n) is 3.25. The summed E-state index contributed by atoms with van der Waals surface area (Å²) < 4.78 is 2.18. The number of carbonyl (C=O) groups is 1. The van der Waals surface area contributed by atoms with Gasteiger partial charge in [0.2, 0.25) is 0 Å². The zero-order valence-corrected chi connectivity index (χ0v) is 8.97. The lowest BCUT2D eigenvalue weighted by molar-refractivity contribution is -0.121. The van der Waals surface area contributed by atoms with Gasteiger partial charge in [0.05, 0.1) is 5.92 Å². The molecular weight excluding hydrogens is 198 g/mol. The van der Waals surface area contributed by atoms with Crippen LogP contribution in [0.2, 0.25) is 0 Å². The fourth-order valence-corrected chi connectivity index (χ4v) is 2.36. The maximum absolute atomic E-state index is 12.0. The molecule has 0 spiro atoms. The molecule has 2 heteroatoms. The third-order valence-corrected chi connectivity index (χ3v) is 3.25. The van der Waals surface area contributed by atoms with Crippen molar-refractivity contribution in [1.29, 1.82) is 0 Å². The fraction of sp³-hybridized carbons (Fsp3) is 0.214. The molecule has 0 fully saturated rings. The molecule has 1 unspecified atom stereocenters. The summed E-state index contributed by atoms with van der Waals surface area (Å²) >= 11 is 0. The Morgan fingerprint density at radius 2 is 1.88 bits per heavy atom. The van der Waals surface area contributed by atoms with Gasteiger partial charge in [0.25, 0.3) is 0 Å². The van der Waals surface area contributed by atoms with Gasteiger partial charge >= 0.3 is 0 Å². The van der Waals surface area contributed by atoms with E-state index in [2.05, 4.69) is 10.8 Å². The Balaban J connectivity index is 1.97. The van der Waals surface area contributed by atoms with Crippen LogP contribution in [-0.4, -0.2) is 10.4 Å². The highest BCUT2D eigenvalue weighted by molar-refractivity contribution is 5.88. The quantitative estimate of drug-likeness (QED) is 0.710. The Morgan fingerprint density at radius 1 is 1.06 bits per heavy atom. The van der Waals surface area contributed by atoms with Crippen molar-refractivity contribution in [3.63, 3.8) is 0 Å². The minimum atomic E-state index is 0.0288. The smallest absolute Gasteiger partial charge is 0.147 e. The van der Waals surface area contributed by atoms with Crippen LogP contribution in [0.25, 0.3) is 0 Å². The lowest BCUT2D eigenvalue weighted by Crippen LogP contribution is -2.27. The first-order valence-electron chi connectivity index (χ1n) is 5.56. The first kappa shape index (κ1) is 9.40. The summed E-state index contributed by atoms with van der Waals surface area (Å²) in [5.41, 5.74) is 2.27. The summed E-state index contributed by atoms with van der Waals surface area (Å²) in [5, 5.41) is 0. The van der Waals surface area contributed by atoms with E-state index in [1.165, 1.54) is 0 Å². The molecular formula is C14H13NO. The average molecular weight is 211 g/mol. The maximum Gasteiger partial charge on any atom is 0.147 e. The number of benzene rings is 1. The molecule has 16 heavy (non-hydrogen) atoms. The highest BCUT2D eigenvalue weighted by Gasteiger charge is 2.26. The number of Topliss-reactive ketones (excluding diaryl/α,β-unsaturated/α-hetero) is 1. The Bertz CT molecular complexity index is 513. The molecule has 0 aliphatic carbocycles. The summed E-state index contributed by atoms with van der Waals surface area (Å²) in [5.74, 6) is 0.360. The first-order chi connectivity index (χ1) is 7.84. The summed E-state index contributed by atoms with van der Waals surface area (Å²) in [6.07, 6.45) is 2.62. The van der Waals surface area contributed by atoms with E-state index in [0.717, 1.165) is 17.8 Å². The minimum absolute atomic E-state index is 0.0288. The van der Waals surface area contributed by atoms with Crippen LogP contribution in [0.4, 0.5) is 0 Å². The number of hydrogen-bond donors (Lipinski definition) is 0. The summed E-state index contributed by atoms with van der Waals surface area (Å²) in [6.45, 7) is 0.783. The fourth-order valence-electron chi connectivity index (χ4n) is 2.36. The maximum atomic E-state index is 12.0. The molecule has 3 rings (SSSR count). The van der Waals surface area contributed by atoms with Crippen molar-refractivity contribution in [2.45, 2.75) is 18.9 Å². The molecule has 0 saturated carbocycles. The number of hydrogen-bond acceptors (Lipinski definition) is 1. The molecule has 1 aliphatic rings. The molecule has 80 valence electrons. The summed E-state index contributed by atoms with van der Waals surface area (Å²) in [7, 11) is 0. The van der Waals surface area contributed by atoms with Crippen LogP contribution in [-0.2, 0) is 17.8 Å². The Kier molecular flexibility index (Phi) is 2.13. The normalized spacial score (nSPS) is 19.5. The number of rotatable bonds is 1. The lowest BCUT2D eigenvalue weighted by Gasteiger charge is -2.23. The van der Waals surface area contributed by atoms with Gasteiger partial charge in [-0.1, -0.05) is 30.3 Å². The average Bonchev–Trinajstić information content (AvgIpc) is 2.76. The standard InChI is InChI=1S/C14H13NO/c16-14-9-12-7-4-8-15(12)10-13(14)11-5-2-1-3-6-11/h1-8,13H,9-10H2. The second kappa shape index (κ2) is 3.63. The van der Waals surface area contributed by atoms with Crippen LogP contribution in [0.15, 0.2) is 48.7 Å². The number of aromatic nitrogens is 1. The third kappa shape index (κ3) is 1.47. The van der Waals surface area contributed by atoms with E-state index in [0.29, 0.717) is 12.2 Å². The van der Waals surface area contributed by atoms with Crippen molar-refractivity contribution in [3.8, 4) is 0 Å². The number of fused-ring (bicyclic) bond motifs is 1. The number of ketones is 1. The lowest BCUT2D eigenvalue weighted by atomic mass is 9.90. The Labute approximate surface area is 94.5 Å². The van der Waals surface area contributed by atoms with Gasteiger partial charge in [-0.25, -0.2) is 0 Å². The van der Waals surface area contributed by atoms with Crippen LogP contribution < -0.4 is 0 Å². The topological polar surface area (TPSA) is 22.0 Å². The van der Waals surface area contributed by atoms with E-state index in [-0.39, 0.29) is 5.92 Å². The van der Waals surface area contributed by atoms with Gasteiger partial charge in [0, 0.05) is 24.9 Å². The first-order valence-corrected chi connectivity index (χ1v) is 5.56. The van der Waals surface area contributed by atoms with Gasteiger partial charge in [-0.05, 0) is 17.7 Å². The number of nitrogens with zero attached hydrogens (tertiary/aromatic N) is 1. The molecule has 0 saturated heterocycles. The van der Waals surface area contributed by atoms with Crippen molar-refractivity contribution >= 4 is 5.78 Å². The Morgan fingerprint density at radius 3 is 2.69 bits per heavy atom. The zero-order valence-electron chi connectivity index (χ0n) is 8.97. The van der Waals surface area contributed by atoms with E-state index in [4.69, 9.17) is 0 Å². The van der Waals surface area contributed by atoms with Crippen molar-refractivity contribution < 1.29 is 4.79 Å². The highest BCUT2D eigenvalue weighted by atomic mass is 16.1.